The standard InChI is InChI=1S/C12H21NO6S2/c1-19-12(14)10-2-6-13(7-3-10)21(17,18)11-4-8-20(15,16)9-5-11/h10-11H,2-9H2,1H3. The van der Waals surface area contributed by atoms with E-state index in [9.17, 15) is 21.6 Å². The molecule has 2 aliphatic heterocycles. The van der Waals surface area contributed by atoms with Crippen LogP contribution < -0.4 is 0 Å². The van der Waals surface area contributed by atoms with Crippen molar-refractivity contribution < 1.29 is 26.4 Å². The number of nitrogens with zero attached hydrogens (tertiary/aromatic N) is 1. The van der Waals surface area contributed by atoms with Crippen molar-refractivity contribution in [2.24, 2.45) is 5.92 Å². The second-order valence-corrected chi connectivity index (χ2v) is 10.1. The minimum Gasteiger partial charge on any atom is -0.469 e. The Balaban J connectivity index is 1.97. The Morgan fingerprint density at radius 1 is 1.10 bits per heavy atom. The zero-order valence-electron chi connectivity index (χ0n) is 12.0. The Morgan fingerprint density at radius 3 is 2.10 bits per heavy atom. The van der Waals surface area contributed by atoms with Crippen LogP contribution in [0.3, 0.4) is 0 Å². The van der Waals surface area contributed by atoms with Crippen LogP contribution >= 0.6 is 0 Å². The molecule has 0 aromatic carbocycles. The van der Waals surface area contributed by atoms with Crippen molar-refractivity contribution >= 4 is 25.8 Å². The first-order chi connectivity index (χ1) is 9.76. The smallest absolute Gasteiger partial charge is 0.308 e. The van der Waals surface area contributed by atoms with Gasteiger partial charge in [-0.3, -0.25) is 4.79 Å². The van der Waals surface area contributed by atoms with E-state index in [2.05, 4.69) is 4.74 Å². The number of hydrogen-bond acceptors (Lipinski definition) is 6. The fourth-order valence-electron chi connectivity index (χ4n) is 2.89. The highest BCUT2D eigenvalue weighted by atomic mass is 32.2. The maximum atomic E-state index is 12.5. The second kappa shape index (κ2) is 6.21. The number of rotatable bonds is 3. The van der Waals surface area contributed by atoms with Crippen LogP contribution in [0.25, 0.3) is 0 Å². The van der Waals surface area contributed by atoms with Crippen LogP contribution in [0.2, 0.25) is 0 Å². The van der Waals surface area contributed by atoms with E-state index in [0.717, 1.165) is 0 Å². The molecule has 2 saturated heterocycles. The summed E-state index contributed by atoms with van der Waals surface area (Å²) in [5.74, 6) is -0.658. The first-order valence-corrected chi connectivity index (χ1v) is 10.4. The molecule has 2 heterocycles. The highest BCUT2D eigenvalue weighted by Crippen LogP contribution is 2.27. The van der Waals surface area contributed by atoms with Gasteiger partial charge in [0.15, 0.2) is 0 Å². The number of hydrogen-bond donors (Lipinski definition) is 0. The summed E-state index contributed by atoms with van der Waals surface area (Å²) in [5, 5.41) is -0.615. The average Bonchev–Trinajstić information content (AvgIpc) is 2.46. The first kappa shape index (κ1) is 16.7. The first-order valence-electron chi connectivity index (χ1n) is 7.03. The maximum Gasteiger partial charge on any atom is 0.308 e. The topological polar surface area (TPSA) is 97.8 Å². The molecule has 0 aliphatic carbocycles. The summed E-state index contributed by atoms with van der Waals surface area (Å²) in [6.07, 6.45) is 1.25. The number of sulfone groups is 1. The quantitative estimate of drug-likeness (QED) is 0.659. The van der Waals surface area contributed by atoms with Gasteiger partial charge in [-0.25, -0.2) is 21.1 Å². The number of carbonyl (C=O) groups excluding carboxylic acids is 1. The van der Waals surface area contributed by atoms with Crippen LogP contribution in [-0.2, 0) is 29.4 Å². The molecule has 7 nitrogen and oxygen atoms in total. The molecule has 2 fully saturated rings. The molecule has 2 rings (SSSR count). The SMILES string of the molecule is COC(=O)C1CCN(S(=O)(=O)C2CCS(=O)(=O)CC2)CC1. The molecule has 0 radical (unpaired) electrons. The minimum absolute atomic E-state index is 0.0600. The van der Waals surface area contributed by atoms with E-state index < -0.39 is 25.1 Å². The van der Waals surface area contributed by atoms with Gasteiger partial charge < -0.3 is 4.74 Å². The molecule has 0 aromatic heterocycles. The highest BCUT2D eigenvalue weighted by molar-refractivity contribution is 7.92. The molecule has 0 N–H and O–H groups in total. The summed E-state index contributed by atoms with van der Waals surface area (Å²) in [5.41, 5.74) is 0. The molecule has 122 valence electrons. The van der Waals surface area contributed by atoms with Crippen molar-refractivity contribution in [1.82, 2.24) is 4.31 Å². The van der Waals surface area contributed by atoms with E-state index in [-0.39, 0.29) is 36.2 Å². The van der Waals surface area contributed by atoms with Crippen LogP contribution in [0.1, 0.15) is 25.7 Å². The number of sulfonamides is 1. The molecule has 0 aromatic rings. The normalized spacial score (nSPS) is 25.6. The Morgan fingerprint density at radius 2 is 1.62 bits per heavy atom. The van der Waals surface area contributed by atoms with Gasteiger partial charge in [0.05, 0.1) is 29.8 Å². The largest absolute Gasteiger partial charge is 0.469 e. The number of ether oxygens (including phenoxy) is 1. The predicted molar refractivity (Wildman–Crippen MR) is 76.9 cm³/mol. The van der Waals surface area contributed by atoms with E-state index in [0.29, 0.717) is 25.9 Å². The van der Waals surface area contributed by atoms with Gasteiger partial charge in [0.2, 0.25) is 10.0 Å². The van der Waals surface area contributed by atoms with Gasteiger partial charge in [-0.1, -0.05) is 0 Å². The van der Waals surface area contributed by atoms with Crippen molar-refractivity contribution in [1.29, 1.82) is 0 Å². The number of carbonyl (C=O) groups is 1. The lowest BCUT2D eigenvalue weighted by atomic mass is 9.99. The highest BCUT2D eigenvalue weighted by Gasteiger charge is 2.39. The van der Waals surface area contributed by atoms with E-state index in [4.69, 9.17) is 0 Å². The minimum atomic E-state index is -3.47. The Kier molecular flexibility index (Phi) is 4.94. The maximum absolute atomic E-state index is 12.5. The predicted octanol–water partition coefficient (Wildman–Crippen LogP) is -0.222. The molecular formula is C12H21NO6S2. The van der Waals surface area contributed by atoms with Gasteiger partial charge in [0, 0.05) is 13.1 Å². The number of methoxy groups -OCH3 is 1. The summed E-state index contributed by atoms with van der Waals surface area (Å²) in [6.45, 7) is 0.594. The van der Waals surface area contributed by atoms with E-state index in [1.807, 2.05) is 0 Å². The second-order valence-electron chi connectivity index (χ2n) is 5.59. The van der Waals surface area contributed by atoms with E-state index in [1.54, 1.807) is 0 Å². The summed E-state index contributed by atoms with van der Waals surface area (Å²) in [4.78, 5) is 11.4. The third-order valence-corrected chi connectivity index (χ3v) is 8.39. The van der Waals surface area contributed by atoms with Crippen LogP contribution in [-0.4, -0.2) is 64.1 Å². The molecule has 9 heteroatoms. The molecular weight excluding hydrogens is 318 g/mol. The van der Waals surface area contributed by atoms with Gasteiger partial charge in [-0.2, -0.15) is 0 Å². The fraction of sp³-hybridized carbons (Fsp3) is 0.917. The summed E-state index contributed by atoms with van der Waals surface area (Å²) in [6, 6.07) is 0. The Bertz CT molecular complexity index is 575. The average molecular weight is 339 g/mol. The lowest BCUT2D eigenvalue weighted by Crippen LogP contribution is -2.46. The van der Waals surface area contributed by atoms with Gasteiger partial charge >= 0.3 is 5.97 Å². The van der Waals surface area contributed by atoms with Crippen molar-refractivity contribution in [3.63, 3.8) is 0 Å². The van der Waals surface area contributed by atoms with Crippen molar-refractivity contribution in [3.8, 4) is 0 Å². The van der Waals surface area contributed by atoms with Gasteiger partial charge in [-0.15, -0.1) is 0 Å². The molecule has 0 amide bonds. The number of piperidine rings is 1. The third-order valence-electron chi connectivity index (χ3n) is 4.27. The molecule has 0 spiro atoms. The third kappa shape index (κ3) is 3.75. The lowest BCUT2D eigenvalue weighted by molar-refractivity contribution is -0.146. The Labute approximate surface area is 125 Å². The van der Waals surface area contributed by atoms with Gasteiger partial charge in [0.25, 0.3) is 0 Å². The van der Waals surface area contributed by atoms with Crippen molar-refractivity contribution in [2.75, 3.05) is 31.7 Å². The molecule has 0 atom stereocenters. The summed E-state index contributed by atoms with van der Waals surface area (Å²) in [7, 11) is -5.22. The molecule has 0 unspecified atom stereocenters. The fourth-order valence-corrected chi connectivity index (χ4v) is 6.65. The summed E-state index contributed by atoms with van der Waals surface area (Å²) >= 11 is 0. The van der Waals surface area contributed by atoms with Crippen molar-refractivity contribution in [3.05, 3.63) is 0 Å². The molecule has 21 heavy (non-hydrogen) atoms. The lowest BCUT2D eigenvalue weighted by Gasteiger charge is -2.33. The molecule has 0 bridgehead atoms. The molecule has 2 aliphatic rings. The van der Waals surface area contributed by atoms with E-state index >= 15 is 0 Å². The van der Waals surface area contributed by atoms with Gasteiger partial charge in [-0.05, 0) is 25.7 Å². The molecule has 0 saturated carbocycles. The van der Waals surface area contributed by atoms with Crippen LogP contribution in [0.15, 0.2) is 0 Å². The van der Waals surface area contributed by atoms with Crippen molar-refractivity contribution in [2.45, 2.75) is 30.9 Å². The summed E-state index contributed by atoms with van der Waals surface area (Å²) < 4.78 is 53.9. The zero-order chi connectivity index (χ0) is 15.7. The van der Waals surface area contributed by atoms with Crippen LogP contribution in [0.5, 0.6) is 0 Å². The monoisotopic (exact) mass is 339 g/mol. The Hall–Kier alpha value is -0.670. The van der Waals surface area contributed by atoms with Crippen LogP contribution in [0.4, 0.5) is 0 Å². The van der Waals surface area contributed by atoms with Crippen LogP contribution in [0, 0.1) is 5.92 Å². The zero-order valence-corrected chi connectivity index (χ0v) is 13.7. The van der Waals surface area contributed by atoms with Gasteiger partial charge in [0.1, 0.15) is 9.84 Å². The number of esters is 1. The van der Waals surface area contributed by atoms with E-state index in [1.165, 1.54) is 11.4 Å².